The molecule has 6 heteroatoms. The molecule has 1 heterocycles. The Labute approximate surface area is 130 Å². The van der Waals surface area contributed by atoms with Gasteiger partial charge in [-0.05, 0) is 32.9 Å². The lowest BCUT2D eigenvalue weighted by Gasteiger charge is -2.18. The van der Waals surface area contributed by atoms with Crippen LogP contribution in [0.4, 0.5) is 11.5 Å². The van der Waals surface area contributed by atoms with Crippen molar-refractivity contribution in [1.29, 1.82) is 0 Å². The quantitative estimate of drug-likeness (QED) is 0.861. The van der Waals surface area contributed by atoms with Crippen LogP contribution in [0, 0.1) is 0 Å². The third-order valence-corrected chi connectivity index (χ3v) is 3.28. The number of methoxy groups -OCH3 is 1. The first-order valence-corrected chi connectivity index (χ1v) is 7.27. The maximum absolute atomic E-state index is 12.3. The summed E-state index contributed by atoms with van der Waals surface area (Å²) >= 11 is 0. The number of carbonyl (C=O) groups excluding carboxylic acids is 1. The van der Waals surface area contributed by atoms with Crippen molar-refractivity contribution in [2.45, 2.75) is 32.9 Å². The SMILES string of the molecule is COc1ccccc1N[C@@H](C)C(=O)Nc1ccnn1C(C)C. The van der Waals surface area contributed by atoms with E-state index in [1.165, 1.54) is 0 Å². The molecule has 0 spiro atoms. The minimum absolute atomic E-state index is 0.131. The average Bonchev–Trinajstić information content (AvgIpc) is 2.96. The van der Waals surface area contributed by atoms with Gasteiger partial charge < -0.3 is 15.4 Å². The maximum atomic E-state index is 12.3. The molecule has 0 fully saturated rings. The summed E-state index contributed by atoms with van der Waals surface area (Å²) in [4.78, 5) is 12.3. The zero-order valence-corrected chi connectivity index (χ0v) is 13.3. The predicted octanol–water partition coefficient (Wildman–Crippen LogP) is 2.91. The Morgan fingerprint density at radius 1 is 1.23 bits per heavy atom. The molecular weight excluding hydrogens is 280 g/mol. The molecular formula is C16H22N4O2. The summed E-state index contributed by atoms with van der Waals surface area (Å²) in [5.41, 5.74) is 0.782. The van der Waals surface area contributed by atoms with Gasteiger partial charge in [0.2, 0.25) is 5.91 Å². The summed E-state index contributed by atoms with van der Waals surface area (Å²) < 4.78 is 7.05. The first-order chi connectivity index (χ1) is 10.5. The van der Waals surface area contributed by atoms with Crippen molar-refractivity contribution < 1.29 is 9.53 Å². The second-order valence-corrected chi connectivity index (χ2v) is 5.31. The summed E-state index contributed by atoms with van der Waals surface area (Å²) in [6.07, 6.45) is 1.67. The van der Waals surface area contributed by atoms with Crippen LogP contribution in [0.15, 0.2) is 36.5 Å². The van der Waals surface area contributed by atoms with E-state index in [2.05, 4.69) is 15.7 Å². The summed E-state index contributed by atoms with van der Waals surface area (Å²) in [7, 11) is 1.60. The Morgan fingerprint density at radius 3 is 2.64 bits per heavy atom. The molecule has 22 heavy (non-hydrogen) atoms. The monoisotopic (exact) mass is 302 g/mol. The first kappa shape index (κ1) is 15.9. The number of nitrogens with zero attached hydrogens (tertiary/aromatic N) is 2. The van der Waals surface area contributed by atoms with Crippen LogP contribution in [0.3, 0.4) is 0 Å². The normalized spacial score (nSPS) is 12.0. The standard InChI is InChI=1S/C16H22N4O2/c1-11(2)20-15(9-10-17-20)19-16(21)12(3)18-13-7-5-6-8-14(13)22-4/h5-12,18H,1-4H3,(H,19,21)/t12-/m0/s1. The Morgan fingerprint density at radius 2 is 1.95 bits per heavy atom. The number of nitrogens with one attached hydrogen (secondary N) is 2. The van der Waals surface area contributed by atoms with Crippen LogP contribution in [0.25, 0.3) is 0 Å². The lowest BCUT2D eigenvalue weighted by atomic mass is 10.2. The topological polar surface area (TPSA) is 68.2 Å². The lowest BCUT2D eigenvalue weighted by molar-refractivity contribution is -0.116. The van der Waals surface area contributed by atoms with Crippen molar-refractivity contribution in [2.24, 2.45) is 0 Å². The third-order valence-electron chi connectivity index (χ3n) is 3.28. The fraction of sp³-hybridized carbons (Fsp3) is 0.375. The summed E-state index contributed by atoms with van der Waals surface area (Å²) in [5.74, 6) is 1.26. The number of amides is 1. The van der Waals surface area contributed by atoms with Crippen LogP contribution in [0.1, 0.15) is 26.8 Å². The molecule has 0 aliphatic rings. The van der Waals surface area contributed by atoms with Gasteiger partial charge in [0.1, 0.15) is 17.6 Å². The van der Waals surface area contributed by atoms with Crippen molar-refractivity contribution in [3.05, 3.63) is 36.5 Å². The fourth-order valence-electron chi connectivity index (χ4n) is 2.12. The van der Waals surface area contributed by atoms with Gasteiger partial charge in [-0.3, -0.25) is 4.79 Å². The molecule has 1 aromatic heterocycles. The van der Waals surface area contributed by atoms with Gasteiger partial charge in [-0.15, -0.1) is 0 Å². The average molecular weight is 302 g/mol. The highest BCUT2D eigenvalue weighted by molar-refractivity contribution is 5.95. The molecule has 2 aromatic rings. The number of carbonyl (C=O) groups is 1. The van der Waals surface area contributed by atoms with E-state index in [0.29, 0.717) is 11.6 Å². The van der Waals surface area contributed by atoms with Crippen molar-refractivity contribution in [1.82, 2.24) is 9.78 Å². The fourth-order valence-corrected chi connectivity index (χ4v) is 2.12. The zero-order valence-electron chi connectivity index (χ0n) is 13.3. The van der Waals surface area contributed by atoms with Crippen molar-refractivity contribution >= 4 is 17.4 Å². The van der Waals surface area contributed by atoms with E-state index in [-0.39, 0.29) is 11.9 Å². The van der Waals surface area contributed by atoms with Gasteiger partial charge in [-0.25, -0.2) is 4.68 Å². The highest BCUT2D eigenvalue weighted by Crippen LogP contribution is 2.24. The Hall–Kier alpha value is -2.50. The van der Waals surface area contributed by atoms with Crippen LogP contribution >= 0.6 is 0 Å². The Bertz CT molecular complexity index is 637. The van der Waals surface area contributed by atoms with E-state index < -0.39 is 6.04 Å². The number of hydrogen-bond acceptors (Lipinski definition) is 4. The Balaban J connectivity index is 2.05. The molecule has 1 atom stereocenters. The van der Waals surface area contributed by atoms with E-state index in [4.69, 9.17) is 4.74 Å². The molecule has 0 unspecified atom stereocenters. The molecule has 0 radical (unpaired) electrons. The van der Waals surface area contributed by atoms with Gasteiger partial charge in [0, 0.05) is 12.1 Å². The summed E-state index contributed by atoms with van der Waals surface area (Å²) in [6.45, 7) is 5.83. The summed E-state index contributed by atoms with van der Waals surface area (Å²) in [5, 5.41) is 10.2. The molecule has 6 nitrogen and oxygen atoms in total. The van der Waals surface area contributed by atoms with Gasteiger partial charge in [-0.1, -0.05) is 12.1 Å². The molecule has 0 saturated heterocycles. The second-order valence-electron chi connectivity index (χ2n) is 5.31. The minimum Gasteiger partial charge on any atom is -0.495 e. The molecule has 0 bridgehead atoms. The van der Waals surface area contributed by atoms with Gasteiger partial charge >= 0.3 is 0 Å². The van der Waals surface area contributed by atoms with Gasteiger partial charge in [0.15, 0.2) is 0 Å². The predicted molar refractivity (Wildman–Crippen MR) is 87.3 cm³/mol. The number of aromatic nitrogens is 2. The molecule has 0 aliphatic carbocycles. The number of hydrogen-bond donors (Lipinski definition) is 2. The third kappa shape index (κ3) is 3.58. The van der Waals surface area contributed by atoms with E-state index in [1.54, 1.807) is 31.0 Å². The van der Waals surface area contributed by atoms with E-state index in [1.807, 2.05) is 38.1 Å². The van der Waals surface area contributed by atoms with E-state index in [0.717, 1.165) is 5.69 Å². The van der Waals surface area contributed by atoms with Crippen molar-refractivity contribution in [2.75, 3.05) is 17.7 Å². The van der Waals surface area contributed by atoms with Crippen molar-refractivity contribution in [3.63, 3.8) is 0 Å². The number of rotatable bonds is 6. The number of para-hydroxylation sites is 2. The van der Waals surface area contributed by atoms with E-state index in [9.17, 15) is 4.79 Å². The number of anilines is 2. The van der Waals surface area contributed by atoms with Crippen LogP contribution in [-0.2, 0) is 4.79 Å². The number of benzene rings is 1. The molecule has 118 valence electrons. The van der Waals surface area contributed by atoms with Gasteiger partial charge in [0.05, 0.1) is 19.0 Å². The molecule has 2 rings (SSSR count). The Kier molecular flexibility index (Phi) is 5.04. The first-order valence-electron chi connectivity index (χ1n) is 7.27. The molecule has 1 aromatic carbocycles. The molecule has 0 aliphatic heterocycles. The maximum Gasteiger partial charge on any atom is 0.247 e. The highest BCUT2D eigenvalue weighted by Gasteiger charge is 2.16. The zero-order chi connectivity index (χ0) is 16.1. The minimum atomic E-state index is -0.410. The number of ether oxygens (including phenoxy) is 1. The van der Waals surface area contributed by atoms with Crippen LogP contribution in [0.2, 0.25) is 0 Å². The second kappa shape index (κ2) is 6.98. The van der Waals surface area contributed by atoms with Crippen molar-refractivity contribution in [3.8, 4) is 5.75 Å². The molecule has 1 amide bonds. The van der Waals surface area contributed by atoms with Crippen LogP contribution in [-0.4, -0.2) is 28.8 Å². The van der Waals surface area contributed by atoms with Gasteiger partial charge in [0.25, 0.3) is 0 Å². The summed E-state index contributed by atoms with van der Waals surface area (Å²) in [6, 6.07) is 9.06. The molecule has 0 saturated carbocycles. The van der Waals surface area contributed by atoms with Crippen LogP contribution in [0.5, 0.6) is 5.75 Å². The van der Waals surface area contributed by atoms with E-state index >= 15 is 0 Å². The van der Waals surface area contributed by atoms with Gasteiger partial charge in [-0.2, -0.15) is 5.10 Å². The smallest absolute Gasteiger partial charge is 0.247 e. The molecule has 2 N–H and O–H groups in total. The largest absolute Gasteiger partial charge is 0.495 e. The lowest BCUT2D eigenvalue weighted by Crippen LogP contribution is -2.32. The highest BCUT2D eigenvalue weighted by atomic mass is 16.5. The van der Waals surface area contributed by atoms with Crippen LogP contribution < -0.4 is 15.4 Å².